The van der Waals surface area contributed by atoms with Gasteiger partial charge in [0.15, 0.2) is 0 Å². The van der Waals surface area contributed by atoms with E-state index in [1.54, 1.807) is 0 Å². The molecule has 0 aliphatic heterocycles. The van der Waals surface area contributed by atoms with Crippen LogP contribution in [-0.2, 0) is 19.5 Å². The normalized spacial score (nSPS) is 17.6. The molecule has 2 aromatic rings. The first-order valence-corrected chi connectivity index (χ1v) is 15.2. The SMILES string of the molecule is C1=CC2C=CC1C2.CP(C)c1ccccc1.CP(C)c1ccccc1.[O-][Cl+3]([O-])([O-])[O-].[Rh]. The average molecular weight is 571 g/mol. The van der Waals surface area contributed by atoms with E-state index in [1.165, 1.54) is 17.0 Å². The molecule has 0 atom stereocenters. The number of allylic oxidation sites excluding steroid dienone is 4. The Morgan fingerprint density at radius 1 is 0.613 bits per heavy atom. The number of halogens is 1. The molecule has 0 spiro atoms. The molecular formula is C23H30ClO4P2Rh-. The molecule has 173 valence electrons. The molecule has 0 N–H and O–H groups in total. The summed E-state index contributed by atoms with van der Waals surface area (Å²) < 4.78 is 34.0. The van der Waals surface area contributed by atoms with Gasteiger partial charge < -0.3 is 0 Å². The molecule has 0 saturated heterocycles. The third-order valence-electron chi connectivity index (χ3n) is 4.30. The van der Waals surface area contributed by atoms with Crippen molar-refractivity contribution in [3.05, 3.63) is 85.0 Å². The Morgan fingerprint density at radius 2 is 0.871 bits per heavy atom. The Bertz CT molecular complexity index is 689. The van der Waals surface area contributed by atoms with Crippen molar-refractivity contribution in [2.45, 2.75) is 6.42 Å². The zero-order chi connectivity index (χ0) is 22.6. The van der Waals surface area contributed by atoms with E-state index >= 15 is 0 Å². The topological polar surface area (TPSA) is 92.2 Å². The summed E-state index contributed by atoms with van der Waals surface area (Å²) in [5.41, 5.74) is 0. The van der Waals surface area contributed by atoms with Gasteiger partial charge in [0.2, 0.25) is 0 Å². The van der Waals surface area contributed by atoms with Gasteiger partial charge in [0.1, 0.15) is 0 Å². The fourth-order valence-corrected chi connectivity index (χ4v) is 4.32. The van der Waals surface area contributed by atoms with Crippen LogP contribution in [-0.4, -0.2) is 26.7 Å². The van der Waals surface area contributed by atoms with Gasteiger partial charge in [0.05, 0.1) is 0 Å². The van der Waals surface area contributed by atoms with Gasteiger partial charge in [0, 0.05) is 19.5 Å². The molecule has 0 saturated carbocycles. The summed E-state index contributed by atoms with van der Waals surface area (Å²) in [6.45, 7) is 9.07. The molecule has 2 aliphatic carbocycles. The molecule has 4 nitrogen and oxygen atoms in total. The van der Waals surface area contributed by atoms with Gasteiger partial charge >= 0.3 is 0 Å². The second-order valence-electron chi connectivity index (χ2n) is 7.17. The van der Waals surface area contributed by atoms with Crippen LogP contribution in [0.25, 0.3) is 0 Å². The maximum Gasteiger partial charge on any atom is 0 e. The van der Waals surface area contributed by atoms with Crippen molar-refractivity contribution in [1.82, 2.24) is 0 Å². The fourth-order valence-electron chi connectivity index (χ4n) is 2.78. The Labute approximate surface area is 204 Å². The van der Waals surface area contributed by atoms with E-state index in [9.17, 15) is 0 Å². The molecule has 31 heavy (non-hydrogen) atoms. The Kier molecular flexibility index (Phi) is 15.9. The maximum atomic E-state index is 8.49. The van der Waals surface area contributed by atoms with Gasteiger partial charge in [-0.2, -0.15) is 0 Å². The van der Waals surface area contributed by atoms with Crippen molar-refractivity contribution in [3.63, 3.8) is 0 Å². The number of hydrogen-bond donors (Lipinski definition) is 0. The van der Waals surface area contributed by atoms with Crippen molar-refractivity contribution >= 4 is 26.5 Å². The van der Waals surface area contributed by atoms with E-state index in [1.807, 2.05) is 0 Å². The van der Waals surface area contributed by atoms with Crippen molar-refractivity contribution in [1.29, 1.82) is 0 Å². The Balaban J connectivity index is 0.000000392. The molecule has 2 aliphatic rings. The van der Waals surface area contributed by atoms with E-state index in [-0.39, 0.29) is 35.3 Å². The molecule has 0 fully saturated rings. The molecule has 4 rings (SSSR count). The summed E-state index contributed by atoms with van der Waals surface area (Å²) in [5, 5.41) is 2.96. The second kappa shape index (κ2) is 16.2. The minimum absolute atomic E-state index is 0. The maximum absolute atomic E-state index is 8.49. The van der Waals surface area contributed by atoms with Gasteiger partial charge in [-0.3, -0.25) is 0 Å². The summed E-state index contributed by atoms with van der Waals surface area (Å²) in [5.74, 6) is 1.62. The zero-order valence-electron chi connectivity index (χ0n) is 18.2. The van der Waals surface area contributed by atoms with Crippen LogP contribution in [0.5, 0.6) is 0 Å². The molecule has 2 bridgehead atoms. The van der Waals surface area contributed by atoms with E-state index in [0.717, 1.165) is 11.8 Å². The molecule has 0 aromatic heterocycles. The van der Waals surface area contributed by atoms with Crippen molar-refractivity contribution in [3.8, 4) is 0 Å². The first-order valence-electron chi connectivity index (χ1n) is 9.49. The van der Waals surface area contributed by atoms with Crippen LogP contribution in [0.2, 0.25) is 0 Å². The van der Waals surface area contributed by atoms with Crippen molar-refractivity contribution in [2.75, 3.05) is 26.7 Å². The molecule has 8 heteroatoms. The average Bonchev–Trinajstić information content (AvgIpc) is 3.35. The first-order chi connectivity index (χ1) is 14.1. The quantitative estimate of drug-likeness (QED) is 0.307. The first kappa shape index (κ1) is 30.5. The Morgan fingerprint density at radius 3 is 1.00 bits per heavy atom. The summed E-state index contributed by atoms with van der Waals surface area (Å²) in [6, 6.07) is 21.2. The van der Waals surface area contributed by atoms with E-state index in [2.05, 4.69) is 112 Å². The number of rotatable bonds is 2. The third kappa shape index (κ3) is 15.9. The van der Waals surface area contributed by atoms with E-state index < -0.39 is 10.2 Å². The molecule has 0 amide bonds. The predicted molar refractivity (Wildman–Crippen MR) is 120 cm³/mol. The van der Waals surface area contributed by atoms with Crippen LogP contribution in [0.3, 0.4) is 0 Å². The molecular weight excluding hydrogens is 541 g/mol. The number of hydrogen-bond acceptors (Lipinski definition) is 4. The van der Waals surface area contributed by atoms with Crippen LogP contribution >= 0.6 is 15.8 Å². The molecule has 2 aromatic carbocycles. The van der Waals surface area contributed by atoms with E-state index in [4.69, 9.17) is 18.6 Å². The van der Waals surface area contributed by atoms with Gasteiger partial charge in [-0.25, -0.2) is 18.6 Å². The summed E-state index contributed by atoms with van der Waals surface area (Å²) in [7, 11) is -4.74. The van der Waals surface area contributed by atoms with Crippen LogP contribution in [0.4, 0.5) is 0 Å². The van der Waals surface area contributed by atoms with Crippen LogP contribution in [0.15, 0.2) is 85.0 Å². The van der Waals surface area contributed by atoms with Gasteiger partial charge in [-0.05, 0) is 55.5 Å². The Hall–Kier alpha value is -0.467. The van der Waals surface area contributed by atoms with Crippen molar-refractivity contribution in [2.24, 2.45) is 11.8 Å². The minimum Gasteiger partial charge on any atom is -0.222 e. The standard InChI is InChI=1S/2C8H11P.C7H8.ClHO4.Rh/c2*1-9(2)8-6-4-3-5-7-8;1-2-7-4-3-6(1)5-7;2-1(3,4)5;/h2*3-7H,1-2H3;1-4,6-7H,5H2;(H,2,3,4,5);/p-1. The zero-order valence-corrected chi connectivity index (χ0v) is 22.4. The van der Waals surface area contributed by atoms with Gasteiger partial charge in [-0.15, -0.1) is 10.2 Å². The smallest absolute Gasteiger partial charge is 0 e. The third-order valence-corrected chi connectivity index (χ3v) is 6.96. The fraction of sp³-hybridized carbons (Fsp3) is 0.304. The van der Waals surface area contributed by atoms with E-state index in [0.29, 0.717) is 0 Å². The van der Waals surface area contributed by atoms with Crippen LogP contribution in [0.1, 0.15) is 6.42 Å². The number of fused-ring (bicyclic) bond motifs is 2. The van der Waals surface area contributed by atoms with Gasteiger partial charge in [0.25, 0.3) is 0 Å². The summed E-state index contributed by atoms with van der Waals surface area (Å²) >= 11 is 0. The largest absolute Gasteiger partial charge is 0.222 e. The number of benzene rings is 2. The van der Waals surface area contributed by atoms with Crippen LogP contribution < -0.4 is 29.2 Å². The minimum atomic E-state index is -4.94. The molecule has 0 heterocycles. The molecule has 0 unspecified atom stereocenters. The van der Waals surface area contributed by atoms with Crippen LogP contribution in [0, 0.1) is 22.1 Å². The van der Waals surface area contributed by atoms with Gasteiger partial charge in [-0.1, -0.05) is 101 Å². The van der Waals surface area contributed by atoms with Crippen molar-refractivity contribution < 1.29 is 48.4 Å². The predicted octanol–water partition coefficient (Wildman–Crippen LogP) is 1.10. The second-order valence-corrected chi connectivity index (χ2v) is 12.5. The molecule has 1 radical (unpaired) electrons. The summed E-state index contributed by atoms with van der Waals surface area (Å²) in [6.07, 6.45) is 10.5. The monoisotopic (exact) mass is 570 g/mol. The summed E-state index contributed by atoms with van der Waals surface area (Å²) in [4.78, 5) is 0.